The minimum absolute atomic E-state index is 0.142. The van der Waals surface area contributed by atoms with Crippen LogP contribution < -0.4 is 5.32 Å². The molecule has 144 valence electrons. The number of aryl methyl sites for hydroxylation is 1. The van der Waals surface area contributed by atoms with Gasteiger partial charge in [-0.25, -0.2) is 8.78 Å². The zero-order valence-corrected chi connectivity index (χ0v) is 14.7. The van der Waals surface area contributed by atoms with Crippen molar-refractivity contribution in [1.82, 2.24) is 9.78 Å². The molecule has 0 fully saturated rings. The molecule has 1 amide bonds. The maximum Gasteiger partial charge on any atom is 0.328 e. The fourth-order valence-corrected chi connectivity index (χ4v) is 2.34. The van der Waals surface area contributed by atoms with Crippen molar-refractivity contribution in [3.05, 3.63) is 51.3 Å². The van der Waals surface area contributed by atoms with Crippen molar-refractivity contribution in [3.8, 4) is 0 Å². The molecular formula is C16H16F2N4O5. The third-order valence-corrected chi connectivity index (χ3v) is 3.67. The molecule has 11 heteroatoms. The largest absolute Gasteiger partial charge is 0.451 e. The highest BCUT2D eigenvalue weighted by Gasteiger charge is 2.25. The van der Waals surface area contributed by atoms with Crippen LogP contribution in [-0.2, 0) is 20.9 Å². The Hall–Kier alpha value is -3.37. The number of amides is 1. The molecule has 1 heterocycles. The quantitative estimate of drug-likeness (QED) is 0.465. The van der Waals surface area contributed by atoms with Crippen molar-refractivity contribution in [1.29, 1.82) is 0 Å². The number of hydrogen-bond donors (Lipinski definition) is 1. The van der Waals surface area contributed by atoms with E-state index in [1.54, 1.807) is 0 Å². The van der Waals surface area contributed by atoms with Gasteiger partial charge in [-0.15, -0.1) is 0 Å². The summed E-state index contributed by atoms with van der Waals surface area (Å²) < 4.78 is 32.4. The smallest absolute Gasteiger partial charge is 0.328 e. The van der Waals surface area contributed by atoms with Crippen LogP contribution in [0.3, 0.4) is 0 Å². The molecule has 1 aromatic carbocycles. The molecule has 0 aliphatic rings. The molecule has 2 aromatic rings. The van der Waals surface area contributed by atoms with Crippen LogP contribution in [0, 0.1) is 35.6 Å². The number of aromatic nitrogens is 2. The van der Waals surface area contributed by atoms with E-state index in [0.29, 0.717) is 6.07 Å². The fraction of sp³-hybridized carbons (Fsp3) is 0.312. The van der Waals surface area contributed by atoms with Gasteiger partial charge in [-0.1, -0.05) is 0 Å². The summed E-state index contributed by atoms with van der Waals surface area (Å²) in [4.78, 5) is 34.3. The summed E-state index contributed by atoms with van der Waals surface area (Å²) >= 11 is 0. The van der Waals surface area contributed by atoms with Gasteiger partial charge in [0.1, 0.15) is 29.6 Å². The Labute approximate surface area is 152 Å². The van der Waals surface area contributed by atoms with Gasteiger partial charge in [0.15, 0.2) is 6.10 Å². The number of hydrogen-bond acceptors (Lipinski definition) is 6. The second-order valence-corrected chi connectivity index (χ2v) is 5.68. The van der Waals surface area contributed by atoms with Crippen LogP contribution in [0.2, 0.25) is 0 Å². The number of halogens is 2. The van der Waals surface area contributed by atoms with E-state index in [2.05, 4.69) is 10.4 Å². The molecule has 0 radical (unpaired) electrons. The zero-order chi connectivity index (χ0) is 20.3. The Kier molecular flexibility index (Phi) is 5.83. The van der Waals surface area contributed by atoms with Crippen molar-refractivity contribution in [2.75, 3.05) is 5.32 Å². The van der Waals surface area contributed by atoms with E-state index in [4.69, 9.17) is 4.74 Å². The summed E-state index contributed by atoms with van der Waals surface area (Å²) in [6.45, 7) is 3.68. The lowest BCUT2D eigenvalue weighted by molar-refractivity contribution is -0.386. The third kappa shape index (κ3) is 4.63. The fourth-order valence-electron chi connectivity index (χ4n) is 2.34. The van der Waals surface area contributed by atoms with E-state index in [-0.39, 0.29) is 22.8 Å². The van der Waals surface area contributed by atoms with Gasteiger partial charge in [-0.2, -0.15) is 5.10 Å². The molecule has 2 rings (SSSR count). The molecular weight excluding hydrogens is 366 g/mol. The normalized spacial score (nSPS) is 11.7. The molecule has 0 aliphatic carbocycles. The second-order valence-electron chi connectivity index (χ2n) is 5.68. The number of benzene rings is 1. The van der Waals surface area contributed by atoms with E-state index in [0.717, 1.165) is 16.8 Å². The molecule has 0 saturated carbocycles. The number of anilines is 1. The predicted octanol–water partition coefficient (Wildman–Crippen LogP) is 2.26. The molecule has 1 atom stereocenters. The summed E-state index contributed by atoms with van der Waals surface area (Å²) in [5.74, 6) is -3.47. The summed E-state index contributed by atoms with van der Waals surface area (Å²) in [6.07, 6.45) is -1.28. The number of nitro groups is 1. The minimum Gasteiger partial charge on any atom is -0.451 e. The zero-order valence-electron chi connectivity index (χ0n) is 14.7. The Morgan fingerprint density at radius 1 is 1.37 bits per heavy atom. The Morgan fingerprint density at radius 3 is 2.59 bits per heavy atom. The van der Waals surface area contributed by atoms with Crippen LogP contribution in [-0.4, -0.2) is 32.7 Å². The molecule has 9 nitrogen and oxygen atoms in total. The Morgan fingerprint density at radius 2 is 2.04 bits per heavy atom. The van der Waals surface area contributed by atoms with Crippen LogP contribution in [0.25, 0.3) is 0 Å². The SMILES string of the molecule is Cc1nn(CC(=O)O[C@H](C)C(=O)Nc2ccc(F)cc2F)c(C)c1[N+](=O)[O-]. The average molecular weight is 382 g/mol. The monoisotopic (exact) mass is 382 g/mol. The molecule has 1 N–H and O–H groups in total. The van der Waals surface area contributed by atoms with Gasteiger partial charge in [0.05, 0.1) is 10.6 Å². The van der Waals surface area contributed by atoms with Crippen LogP contribution in [0.4, 0.5) is 20.2 Å². The molecule has 0 aliphatic heterocycles. The van der Waals surface area contributed by atoms with Gasteiger partial charge in [0, 0.05) is 6.07 Å². The predicted molar refractivity (Wildman–Crippen MR) is 88.9 cm³/mol. The van der Waals surface area contributed by atoms with Gasteiger partial charge >= 0.3 is 11.7 Å². The number of esters is 1. The number of nitrogens with zero attached hydrogens (tertiary/aromatic N) is 3. The number of carbonyl (C=O) groups excluding carboxylic acids is 2. The summed E-state index contributed by atoms with van der Waals surface area (Å²) in [7, 11) is 0. The van der Waals surface area contributed by atoms with Gasteiger partial charge in [0.25, 0.3) is 5.91 Å². The van der Waals surface area contributed by atoms with Crippen LogP contribution in [0.1, 0.15) is 18.3 Å². The highest BCUT2D eigenvalue weighted by atomic mass is 19.1. The highest BCUT2D eigenvalue weighted by molar-refractivity contribution is 5.95. The topological polar surface area (TPSA) is 116 Å². The summed E-state index contributed by atoms with van der Waals surface area (Å²) in [5.41, 5.74) is -0.165. The van der Waals surface area contributed by atoms with Crippen LogP contribution in [0.15, 0.2) is 18.2 Å². The number of carbonyl (C=O) groups is 2. The summed E-state index contributed by atoms with van der Waals surface area (Å²) in [6, 6.07) is 2.60. The van der Waals surface area contributed by atoms with Crippen LogP contribution >= 0.6 is 0 Å². The Balaban J connectivity index is 2.00. The van der Waals surface area contributed by atoms with E-state index >= 15 is 0 Å². The molecule has 0 unspecified atom stereocenters. The summed E-state index contributed by atoms with van der Waals surface area (Å²) in [5, 5.41) is 17.0. The molecule has 0 bridgehead atoms. The minimum atomic E-state index is -1.28. The molecule has 0 saturated heterocycles. The first-order valence-electron chi connectivity index (χ1n) is 7.74. The molecule has 0 spiro atoms. The Bertz CT molecular complexity index is 912. The van der Waals surface area contributed by atoms with Gasteiger partial charge in [-0.3, -0.25) is 24.4 Å². The maximum absolute atomic E-state index is 13.5. The van der Waals surface area contributed by atoms with Gasteiger partial charge in [0.2, 0.25) is 0 Å². The lowest BCUT2D eigenvalue weighted by Gasteiger charge is -2.14. The molecule has 27 heavy (non-hydrogen) atoms. The number of nitrogens with one attached hydrogen (secondary N) is 1. The van der Waals surface area contributed by atoms with Gasteiger partial charge in [-0.05, 0) is 32.9 Å². The standard InChI is InChI=1S/C16H16F2N4O5/c1-8-15(22(25)26)9(2)21(20-8)7-14(23)27-10(3)16(24)19-13-5-4-11(17)6-12(13)18/h4-6,10H,7H2,1-3H3,(H,19,24)/t10-/m1/s1. The first-order chi connectivity index (χ1) is 12.6. The van der Waals surface area contributed by atoms with Crippen molar-refractivity contribution in [3.63, 3.8) is 0 Å². The van der Waals surface area contributed by atoms with Crippen molar-refractivity contribution in [2.24, 2.45) is 0 Å². The van der Waals surface area contributed by atoms with Crippen LogP contribution in [0.5, 0.6) is 0 Å². The van der Waals surface area contributed by atoms with E-state index in [9.17, 15) is 28.5 Å². The first-order valence-corrected chi connectivity index (χ1v) is 7.74. The molecule has 1 aromatic heterocycles. The third-order valence-electron chi connectivity index (χ3n) is 3.67. The van der Waals surface area contributed by atoms with Crippen molar-refractivity contribution >= 4 is 23.3 Å². The van der Waals surface area contributed by atoms with E-state index < -0.39 is 41.1 Å². The van der Waals surface area contributed by atoms with Crippen molar-refractivity contribution in [2.45, 2.75) is 33.4 Å². The van der Waals surface area contributed by atoms with Gasteiger partial charge < -0.3 is 10.1 Å². The van der Waals surface area contributed by atoms with E-state index in [1.165, 1.54) is 20.8 Å². The maximum atomic E-state index is 13.5. The first kappa shape index (κ1) is 19.9. The highest BCUT2D eigenvalue weighted by Crippen LogP contribution is 2.21. The lowest BCUT2D eigenvalue weighted by Crippen LogP contribution is -2.31. The number of rotatable bonds is 6. The number of ether oxygens (including phenoxy) is 1. The second kappa shape index (κ2) is 7.89. The average Bonchev–Trinajstić information content (AvgIpc) is 2.83. The van der Waals surface area contributed by atoms with E-state index in [1.807, 2.05) is 0 Å². The van der Waals surface area contributed by atoms with Crippen molar-refractivity contribution < 1.29 is 28.0 Å². The lowest BCUT2D eigenvalue weighted by atomic mass is 10.2.